The van der Waals surface area contributed by atoms with Gasteiger partial charge in [-0.2, -0.15) is 0 Å². The lowest BCUT2D eigenvalue weighted by molar-refractivity contribution is 0.0648. The van der Waals surface area contributed by atoms with Gasteiger partial charge >= 0.3 is 5.97 Å². The van der Waals surface area contributed by atoms with E-state index in [1.54, 1.807) is 0 Å². The largest absolute Gasteiger partial charge is 0.476 e. The van der Waals surface area contributed by atoms with E-state index in [1.165, 1.54) is 17.3 Å². The van der Waals surface area contributed by atoms with Crippen LogP contribution in [0.3, 0.4) is 0 Å². The fourth-order valence-corrected chi connectivity index (χ4v) is 3.33. The first-order valence-corrected chi connectivity index (χ1v) is 8.53. The summed E-state index contributed by atoms with van der Waals surface area (Å²) < 4.78 is 0. The highest BCUT2D eigenvalue weighted by molar-refractivity contribution is 5.93. The molecule has 1 aromatic carbocycles. The van der Waals surface area contributed by atoms with Crippen molar-refractivity contribution in [2.75, 3.05) is 6.54 Å². The van der Waals surface area contributed by atoms with Crippen LogP contribution in [0.5, 0.6) is 0 Å². The summed E-state index contributed by atoms with van der Waals surface area (Å²) in [5.41, 5.74) is 2.68. The number of hydrogen-bond acceptors (Lipinski definition) is 4. The summed E-state index contributed by atoms with van der Waals surface area (Å²) in [5.74, 6) is -1.34. The predicted octanol–water partition coefficient (Wildman–Crippen LogP) is 2.58. The first kappa shape index (κ1) is 17.1. The number of aryl methyl sites for hydroxylation is 1. The van der Waals surface area contributed by atoms with Crippen molar-refractivity contribution in [1.82, 2.24) is 14.9 Å². The normalized spacial score (nSPS) is 16.1. The van der Waals surface area contributed by atoms with Gasteiger partial charge in [0.15, 0.2) is 5.69 Å². The number of hydrogen-bond donors (Lipinski definition) is 1. The summed E-state index contributed by atoms with van der Waals surface area (Å²) in [4.78, 5) is 33.5. The molecule has 3 rings (SSSR count). The van der Waals surface area contributed by atoms with E-state index >= 15 is 0 Å². The number of carbonyl (C=O) groups excluding carboxylic acids is 1. The number of aromatic carboxylic acids is 1. The number of aromatic nitrogens is 2. The number of benzene rings is 1. The monoisotopic (exact) mass is 339 g/mol. The van der Waals surface area contributed by atoms with Gasteiger partial charge in [-0.1, -0.05) is 31.2 Å². The first-order valence-electron chi connectivity index (χ1n) is 8.53. The molecule has 0 saturated carbocycles. The minimum Gasteiger partial charge on any atom is -0.476 e. The van der Waals surface area contributed by atoms with Gasteiger partial charge in [0, 0.05) is 12.6 Å². The minimum atomic E-state index is -1.15. The number of fused-ring (bicyclic) bond motifs is 1. The van der Waals surface area contributed by atoms with Crippen molar-refractivity contribution in [2.24, 2.45) is 0 Å². The second-order valence-corrected chi connectivity index (χ2v) is 6.26. The molecule has 0 spiro atoms. The van der Waals surface area contributed by atoms with Crippen LogP contribution in [0.2, 0.25) is 0 Å². The Kier molecular flexibility index (Phi) is 5.07. The van der Waals surface area contributed by atoms with E-state index in [4.69, 9.17) is 5.11 Å². The number of carbonyl (C=O) groups is 2. The standard InChI is InChI=1S/C19H21N3O3/c1-2-9-22(15-8-7-13-5-3-4-6-14(13)10-15)18(23)16-11-21-17(12-20-16)19(24)25/h3-6,11-12,15H,2,7-10H2,1H3,(H,24,25). The van der Waals surface area contributed by atoms with Crippen molar-refractivity contribution < 1.29 is 14.7 Å². The highest BCUT2D eigenvalue weighted by Gasteiger charge is 2.28. The van der Waals surface area contributed by atoms with Gasteiger partial charge in [-0.05, 0) is 36.8 Å². The zero-order valence-electron chi connectivity index (χ0n) is 14.2. The van der Waals surface area contributed by atoms with Crippen LogP contribution in [0.15, 0.2) is 36.7 Å². The third-order valence-electron chi connectivity index (χ3n) is 4.58. The average Bonchev–Trinajstić information content (AvgIpc) is 2.65. The van der Waals surface area contributed by atoms with Crippen molar-refractivity contribution in [3.05, 3.63) is 59.2 Å². The lowest BCUT2D eigenvalue weighted by Gasteiger charge is -2.35. The van der Waals surface area contributed by atoms with Crippen LogP contribution in [-0.2, 0) is 12.8 Å². The molecule has 0 bridgehead atoms. The molecule has 1 amide bonds. The van der Waals surface area contributed by atoms with Crippen LogP contribution in [-0.4, -0.2) is 44.4 Å². The maximum atomic E-state index is 12.9. The number of carboxylic acid groups (broad SMARTS) is 1. The van der Waals surface area contributed by atoms with Crippen molar-refractivity contribution in [1.29, 1.82) is 0 Å². The van der Waals surface area contributed by atoms with Crippen LogP contribution in [0, 0.1) is 0 Å². The quantitative estimate of drug-likeness (QED) is 0.905. The van der Waals surface area contributed by atoms with Gasteiger partial charge in [-0.15, -0.1) is 0 Å². The Morgan fingerprint density at radius 3 is 2.48 bits per heavy atom. The van der Waals surface area contributed by atoms with Gasteiger partial charge in [-0.3, -0.25) is 4.79 Å². The highest BCUT2D eigenvalue weighted by atomic mass is 16.4. The Balaban J connectivity index is 1.81. The van der Waals surface area contributed by atoms with Crippen LogP contribution in [0.1, 0.15) is 51.9 Å². The van der Waals surface area contributed by atoms with Crippen molar-refractivity contribution in [2.45, 2.75) is 38.6 Å². The maximum absolute atomic E-state index is 12.9. The zero-order valence-corrected chi connectivity index (χ0v) is 14.2. The van der Waals surface area contributed by atoms with E-state index in [2.05, 4.69) is 22.1 Å². The molecule has 0 saturated heterocycles. The van der Waals surface area contributed by atoms with Crippen molar-refractivity contribution in [3.8, 4) is 0 Å². The molecule has 1 heterocycles. The third kappa shape index (κ3) is 3.68. The molecule has 1 aliphatic carbocycles. The molecule has 1 unspecified atom stereocenters. The molecule has 25 heavy (non-hydrogen) atoms. The maximum Gasteiger partial charge on any atom is 0.356 e. The second kappa shape index (κ2) is 7.42. The molecule has 6 nitrogen and oxygen atoms in total. The summed E-state index contributed by atoms with van der Waals surface area (Å²) in [6, 6.07) is 8.48. The fraction of sp³-hybridized carbons (Fsp3) is 0.368. The Morgan fingerprint density at radius 2 is 1.84 bits per heavy atom. The summed E-state index contributed by atoms with van der Waals surface area (Å²) in [7, 11) is 0. The first-order chi connectivity index (χ1) is 12.1. The molecule has 130 valence electrons. The third-order valence-corrected chi connectivity index (χ3v) is 4.58. The summed E-state index contributed by atoms with van der Waals surface area (Å²) in [6.45, 7) is 2.68. The van der Waals surface area contributed by atoms with Crippen LogP contribution >= 0.6 is 0 Å². The molecule has 6 heteroatoms. The van der Waals surface area contributed by atoms with Crippen molar-refractivity contribution >= 4 is 11.9 Å². The van der Waals surface area contributed by atoms with Crippen LogP contribution in [0.25, 0.3) is 0 Å². The van der Waals surface area contributed by atoms with Gasteiger partial charge in [0.25, 0.3) is 5.91 Å². The van der Waals surface area contributed by atoms with Gasteiger partial charge in [0.2, 0.25) is 0 Å². The Bertz CT molecular complexity index is 774. The van der Waals surface area contributed by atoms with E-state index in [9.17, 15) is 9.59 Å². The number of carboxylic acids is 1. The number of nitrogens with zero attached hydrogens (tertiary/aromatic N) is 3. The molecular formula is C19H21N3O3. The molecule has 0 fully saturated rings. The minimum absolute atomic E-state index is 0.128. The Labute approximate surface area is 146 Å². The van der Waals surface area contributed by atoms with Gasteiger partial charge in [0.1, 0.15) is 5.69 Å². The molecular weight excluding hydrogens is 318 g/mol. The number of amides is 1. The molecule has 0 radical (unpaired) electrons. The highest BCUT2D eigenvalue weighted by Crippen LogP contribution is 2.25. The number of rotatable bonds is 5. The average molecular weight is 339 g/mol. The summed E-state index contributed by atoms with van der Waals surface area (Å²) in [5, 5.41) is 8.91. The predicted molar refractivity (Wildman–Crippen MR) is 92.6 cm³/mol. The van der Waals surface area contributed by atoms with E-state index < -0.39 is 5.97 Å². The molecule has 1 N–H and O–H groups in total. The van der Waals surface area contributed by atoms with Gasteiger partial charge < -0.3 is 10.0 Å². The van der Waals surface area contributed by atoms with Crippen LogP contribution < -0.4 is 0 Å². The Morgan fingerprint density at radius 1 is 1.16 bits per heavy atom. The molecule has 0 aliphatic heterocycles. The van der Waals surface area contributed by atoms with E-state index in [1.807, 2.05) is 24.0 Å². The summed E-state index contributed by atoms with van der Waals surface area (Å²) >= 11 is 0. The van der Waals surface area contributed by atoms with E-state index in [0.29, 0.717) is 6.54 Å². The van der Waals surface area contributed by atoms with E-state index in [0.717, 1.165) is 31.9 Å². The lowest BCUT2D eigenvalue weighted by Crippen LogP contribution is -2.44. The second-order valence-electron chi connectivity index (χ2n) is 6.26. The van der Waals surface area contributed by atoms with Gasteiger partial charge in [0.05, 0.1) is 12.4 Å². The zero-order chi connectivity index (χ0) is 17.8. The SMILES string of the molecule is CCCN(C(=O)c1cnc(C(=O)O)cn1)C1CCc2ccccc2C1. The molecule has 1 atom stereocenters. The van der Waals surface area contributed by atoms with E-state index in [-0.39, 0.29) is 23.3 Å². The fourth-order valence-electron chi connectivity index (χ4n) is 3.33. The lowest BCUT2D eigenvalue weighted by atomic mass is 9.87. The van der Waals surface area contributed by atoms with Gasteiger partial charge in [-0.25, -0.2) is 14.8 Å². The molecule has 1 aliphatic rings. The van der Waals surface area contributed by atoms with Crippen LogP contribution in [0.4, 0.5) is 0 Å². The Hall–Kier alpha value is -2.76. The smallest absolute Gasteiger partial charge is 0.356 e. The van der Waals surface area contributed by atoms with Crippen molar-refractivity contribution in [3.63, 3.8) is 0 Å². The molecule has 2 aromatic rings. The topological polar surface area (TPSA) is 83.4 Å². The molecule has 1 aromatic heterocycles. The summed E-state index contributed by atoms with van der Waals surface area (Å²) in [6.07, 6.45) is 5.95.